The van der Waals surface area contributed by atoms with Gasteiger partial charge in [-0.2, -0.15) is 0 Å². The molecule has 0 bridgehead atoms. The van der Waals surface area contributed by atoms with E-state index in [1.807, 2.05) is 0 Å². The molecule has 0 saturated heterocycles. The first-order valence-electron chi connectivity index (χ1n) is 16.5. The van der Waals surface area contributed by atoms with Gasteiger partial charge in [0.1, 0.15) is 0 Å². The van der Waals surface area contributed by atoms with Crippen LogP contribution in [0.2, 0.25) is 19.4 Å². The van der Waals surface area contributed by atoms with Gasteiger partial charge in [-0.15, -0.1) is 0 Å². The summed E-state index contributed by atoms with van der Waals surface area (Å²) in [7, 11) is 0. The summed E-state index contributed by atoms with van der Waals surface area (Å²) < 4.78 is 6.80. The van der Waals surface area contributed by atoms with E-state index < -0.39 is 22.6 Å². The van der Waals surface area contributed by atoms with Crippen LogP contribution in [0.4, 0.5) is 0 Å². The molecule has 2 atom stereocenters. The van der Waals surface area contributed by atoms with E-state index in [4.69, 9.17) is 0 Å². The Hall–Kier alpha value is -2.55. The Bertz CT molecular complexity index is 1780. The van der Waals surface area contributed by atoms with Gasteiger partial charge >= 0.3 is 270 Å². The molecule has 0 aromatic heterocycles. The van der Waals surface area contributed by atoms with Crippen molar-refractivity contribution in [3.8, 4) is 22.3 Å². The molecule has 0 spiro atoms. The SMILES string of the molecule is Cc1ccccc1-c1cccc2c1C=C[CH]2[Hf]([CH3])([CH3])([CH]1C=Cc2c(-c3ccccc3C)cccc21)=[Si](C(C)(C)C)C(C)(C)C. The Kier molecular flexibility index (Phi) is 7.69. The molecule has 0 N–H and O–H groups in total. The van der Waals surface area contributed by atoms with Gasteiger partial charge in [-0.3, -0.25) is 0 Å². The molecule has 2 aliphatic carbocycles. The topological polar surface area (TPSA) is 0 Å². The van der Waals surface area contributed by atoms with Crippen molar-refractivity contribution in [3.05, 3.63) is 130 Å². The van der Waals surface area contributed by atoms with Crippen LogP contribution in [0.5, 0.6) is 0 Å². The zero-order valence-electron chi connectivity index (χ0n) is 28.5. The average molecular weight is 761 g/mol. The zero-order valence-corrected chi connectivity index (χ0v) is 33.1. The summed E-state index contributed by atoms with van der Waals surface area (Å²) in [6.07, 6.45) is 10.4. The van der Waals surface area contributed by atoms with E-state index in [-0.39, 0.29) is 10.1 Å². The Labute approximate surface area is 268 Å². The van der Waals surface area contributed by atoms with Gasteiger partial charge in [0.15, 0.2) is 0 Å². The van der Waals surface area contributed by atoms with Gasteiger partial charge < -0.3 is 0 Å². The van der Waals surface area contributed by atoms with E-state index in [0.29, 0.717) is 7.35 Å². The van der Waals surface area contributed by atoms with Crippen molar-refractivity contribution in [2.24, 2.45) is 0 Å². The maximum absolute atomic E-state index is 4.14. The minimum absolute atomic E-state index is 0.260. The third-order valence-electron chi connectivity index (χ3n) is 10.9. The second kappa shape index (κ2) is 10.8. The summed E-state index contributed by atoms with van der Waals surface area (Å²) in [5.74, 6) is 0. The van der Waals surface area contributed by atoms with Crippen LogP contribution in [0.25, 0.3) is 34.4 Å². The van der Waals surface area contributed by atoms with Crippen LogP contribution in [0, 0.1) is 13.8 Å². The van der Waals surface area contributed by atoms with Gasteiger partial charge in [-0.05, 0) is 0 Å². The monoisotopic (exact) mass is 762 g/mol. The molecule has 0 aliphatic heterocycles. The van der Waals surface area contributed by atoms with Crippen molar-refractivity contribution >= 4 is 17.6 Å². The van der Waals surface area contributed by atoms with Crippen LogP contribution < -0.4 is 0 Å². The van der Waals surface area contributed by atoms with Crippen molar-refractivity contribution in [2.75, 3.05) is 0 Å². The predicted molar refractivity (Wildman–Crippen MR) is 194 cm³/mol. The molecule has 4 aromatic carbocycles. The molecule has 0 radical (unpaired) electrons. The quantitative estimate of drug-likeness (QED) is 0.182. The average Bonchev–Trinajstić information content (AvgIpc) is 3.58. The Morgan fingerprint density at radius 1 is 0.500 bits per heavy atom. The second-order valence-corrected chi connectivity index (χ2v) is 61.7. The Balaban J connectivity index is 1.67. The molecule has 0 fully saturated rings. The Morgan fingerprint density at radius 3 is 1.23 bits per heavy atom. The summed E-state index contributed by atoms with van der Waals surface area (Å²) in [5, 5.41) is 0.521. The third kappa shape index (κ3) is 4.87. The first-order chi connectivity index (χ1) is 20.6. The summed E-state index contributed by atoms with van der Waals surface area (Å²) in [5.41, 5.74) is 13.4. The normalized spacial score (nSPS) is 18.0. The van der Waals surface area contributed by atoms with Crippen LogP contribution in [0.3, 0.4) is 0 Å². The zero-order chi connectivity index (χ0) is 31.7. The van der Waals surface area contributed by atoms with E-state index in [0.717, 1.165) is 0 Å². The summed E-state index contributed by atoms with van der Waals surface area (Å²) in [6, 6.07) is 32.2. The molecule has 4 aromatic rings. The molecule has 2 aliphatic rings. The summed E-state index contributed by atoms with van der Waals surface area (Å²) in [6.45, 7) is 19.9. The van der Waals surface area contributed by atoms with E-state index in [9.17, 15) is 0 Å². The number of fused-ring (bicyclic) bond motifs is 2. The van der Waals surface area contributed by atoms with Gasteiger partial charge in [0.05, 0.1) is 0 Å². The molecule has 0 amide bonds. The fourth-order valence-electron chi connectivity index (χ4n) is 10.4. The van der Waals surface area contributed by atoms with Gasteiger partial charge in [0.2, 0.25) is 0 Å². The number of aryl methyl sites for hydroxylation is 2. The fourth-order valence-corrected chi connectivity index (χ4v) is 94.9. The molecular formula is C42H50HfSi. The molecule has 0 saturated carbocycles. The first kappa shape index (κ1) is 31.4. The van der Waals surface area contributed by atoms with E-state index >= 15 is 0 Å². The summed E-state index contributed by atoms with van der Waals surface area (Å²) in [4.78, 5) is 0. The number of allylic oxidation sites excluding steroid dienone is 2. The molecule has 0 nitrogen and oxygen atoms in total. The number of rotatable bonds is 4. The molecule has 0 heterocycles. The van der Waals surface area contributed by atoms with Crippen LogP contribution in [-0.2, 0) is 17.1 Å². The number of benzene rings is 4. The van der Waals surface area contributed by atoms with Crippen molar-refractivity contribution < 1.29 is 17.1 Å². The minimum atomic E-state index is -4.14. The summed E-state index contributed by atoms with van der Waals surface area (Å²) >= 11 is -4.14. The molecule has 6 rings (SSSR count). The number of hydrogen-bond acceptors (Lipinski definition) is 0. The molecule has 226 valence electrons. The van der Waals surface area contributed by atoms with Crippen LogP contribution in [0.15, 0.2) is 97.1 Å². The van der Waals surface area contributed by atoms with Crippen molar-refractivity contribution in [1.29, 1.82) is 0 Å². The maximum atomic E-state index is 2.90. The molecule has 2 unspecified atom stereocenters. The molecule has 44 heavy (non-hydrogen) atoms. The molecular weight excluding hydrogens is 711 g/mol. The second-order valence-electron chi connectivity index (χ2n) is 16.4. The fraction of sp³-hybridized carbons (Fsp3) is 0.333. The van der Waals surface area contributed by atoms with Gasteiger partial charge in [-0.1, -0.05) is 0 Å². The Morgan fingerprint density at radius 2 is 0.864 bits per heavy atom. The number of hydrogen-bond donors (Lipinski definition) is 0. The van der Waals surface area contributed by atoms with E-state index in [2.05, 4.69) is 174 Å². The van der Waals surface area contributed by atoms with Crippen LogP contribution in [0.1, 0.15) is 82.3 Å². The van der Waals surface area contributed by atoms with Crippen molar-refractivity contribution in [1.82, 2.24) is 0 Å². The predicted octanol–water partition coefficient (Wildman–Crippen LogP) is 12.9. The molecule has 2 heteroatoms. The van der Waals surface area contributed by atoms with E-state index in [1.165, 1.54) is 44.5 Å². The van der Waals surface area contributed by atoms with Crippen LogP contribution in [-0.4, -0.2) is 5.49 Å². The standard InChI is InChI=1S/2C16H13.C8H18Si.2CH3.Hf/c2*1-12-6-2-3-9-14(12)16-11-5-8-13-7-4-10-15(13)16;1-7(2,3)9-8(4,5)6;;;/h2*2-11H,1H3;1-6H3;2*1H3;. The van der Waals surface area contributed by atoms with Gasteiger partial charge in [0, 0.05) is 0 Å². The van der Waals surface area contributed by atoms with Crippen molar-refractivity contribution in [3.63, 3.8) is 0 Å². The third-order valence-corrected chi connectivity index (χ3v) is 71.1. The van der Waals surface area contributed by atoms with Crippen molar-refractivity contribution in [2.45, 2.75) is 82.2 Å². The van der Waals surface area contributed by atoms with Gasteiger partial charge in [-0.25, -0.2) is 0 Å². The van der Waals surface area contributed by atoms with Crippen LogP contribution >= 0.6 is 0 Å². The van der Waals surface area contributed by atoms with E-state index in [1.54, 1.807) is 11.1 Å². The first-order valence-corrected chi connectivity index (χ1v) is 34.7. The van der Waals surface area contributed by atoms with Gasteiger partial charge in [0.25, 0.3) is 0 Å².